The number of hydrogen-bond acceptors (Lipinski definition) is 4. The van der Waals surface area contributed by atoms with Crippen LogP contribution in [-0.4, -0.2) is 33.1 Å². The van der Waals surface area contributed by atoms with E-state index in [-0.39, 0.29) is 23.1 Å². The number of amides is 1. The summed E-state index contributed by atoms with van der Waals surface area (Å²) in [6, 6.07) is 11.8. The standard InChI is InChI=1S/C19H19F3N2O4S/c20-19(21,22)12-28-11-13-4-6-14(7-5-13)18(25)23-16-2-1-3-17(10-16)29(26,27)24-15-8-9-15/h1-7,10,15,24H,8-9,11-12H2,(H,23,25). The molecular formula is C19H19F3N2O4S. The summed E-state index contributed by atoms with van der Waals surface area (Å²) in [5.41, 5.74) is 1.07. The van der Waals surface area contributed by atoms with Gasteiger partial charge in [0.2, 0.25) is 10.0 Å². The van der Waals surface area contributed by atoms with Gasteiger partial charge in [0, 0.05) is 17.3 Å². The molecule has 0 heterocycles. The third-order valence-electron chi connectivity index (χ3n) is 4.05. The Hall–Kier alpha value is -2.43. The van der Waals surface area contributed by atoms with E-state index in [9.17, 15) is 26.4 Å². The van der Waals surface area contributed by atoms with E-state index in [0.29, 0.717) is 11.3 Å². The number of nitrogens with one attached hydrogen (secondary N) is 2. The number of hydrogen-bond donors (Lipinski definition) is 2. The van der Waals surface area contributed by atoms with Crippen molar-refractivity contribution in [2.75, 3.05) is 11.9 Å². The van der Waals surface area contributed by atoms with Crippen molar-refractivity contribution in [2.45, 2.75) is 36.6 Å². The van der Waals surface area contributed by atoms with Gasteiger partial charge in [0.25, 0.3) is 5.91 Å². The highest BCUT2D eigenvalue weighted by Gasteiger charge is 2.28. The third kappa shape index (κ3) is 6.55. The molecule has 3 rings (SSSR count). The van der Waals surface area contributed by atoms with Crippen molar-refractivity contribution in [3.8, 4) is 0 Å². The summed E-state index contributed by atoms with van der Waals surface area (Å²) in [4.78, 5) is 12.4. The lowest BCUT2D eigenvalue weighted by Crippen LogP contribution is -2.25. The molecule has 2 N–H and O–H groups in total. The first-order chi connectivity index (χ1) is 13.6. The Kier molecular flexibility index (Phi) is 6.25. The fourth-order valence-electron chi connectivity index (χ4n) is 2.47. The predicted octanol–water partition coefficient (Wildman–Crippen LogP) is 3.46. The molecule has 6 nitrogen and oxygen atoms in total. The van der Waals surface area contributed by atoms with Gasteiger partial charge in [0.05, 0.1) is 11.5 Å². The first-order valence-electron chi connectivity index (χ1n) is 8.80. The number of anilines is 1. The van der Waals surface area contributed by atoms with Gasteiger partial charge < -0.3 is 10.1 Å². The predicted molar refractivity (Wildman–Crippen MR) is 99.9 cm³/mol. The summed E-state index contributed by atoms with van der Waals surface area (Å²) < 4.78 is 67.9. The molecule has 0 radical (unpaired) electrons. The zero-order valence-electron chi connectivity index (χ0n) is 15.2. The van der Waals surface area contributed by atoms with Gasteiger partial charge in [-0.2, -0.15) is 13.2 Å². The molecule has 0 aromatic heterocycles. The summed E-state index contributed by atoms with van der Waals surface area (Å²) >= 11 is 0. The van der Waals surface area contributed by atoms with Crippen LogP contribution in [0.4, 0.5) is 18.9 Å². The number of carbonyl (C=O) groups is 1. The Morgan fingerprint density at radius 3 is 2.41 bits per heavy atom. The van der Waals surface area contributed by atoms with Gasteiger partial charge in [0.1, 0.15) is 6.61 Å². The minimum absolute atomic E-state index is 0.0307. The molecule has 0 bridgehead atoms. The van der Waals surface area contributed by atoms with Crippen molar-refractivity contribution in [3.05, 3.63) is 59.7 Å². The minimum Gasteiger partial charge on any atom is -0.367 e. The lowest BCUT2D eigenvalue weighted by Gasteiger charge is -2.10. The third-order valence-corrected chi connectivity index (χ3v) is 5.57. The number of sulfonamides is 1. The fraction of sp³-hybridized carbons (Fsp3) is 0.316. The molecule has 1 fully saturated rings. The summed E-state index contributed by atoms with van der Waals surface area (Å²) in [5.74, 6) is -0.475. The Morgan fingerprint density at radius 1 is 1.10 bits per heavy atom. The number of benzene rings is 2. The molecule has 2 aromatic carbocycles. The van der Waals surface area contributed by atoms with E-state index in [1.54, 1.807) is 6.07 Å². The van der Waals surface area contributed by atoms with E-state index in [1.165, 1.54) is 42.5 Å². The van der Waals surface area contributed by atoms with Crippen molar-refractivity contribution >= 4 is 21.6 Å². The molecule has 1 saturated carbocycles. The van der Waals surface area contributed by atoms with Gasteiger partial charge in [-0.05, 0) is 48.7 Å². The number of halogens is 3. The number of rotatable bonds is 8. The van der Waals surface area contributed by atoms with Crippen LogP contribution in [0.15, 0.2) is 53.4 Å². The van der Waals surface area contributed by atoms with Crippen LogP contribution in [0.1, 0.15) is 28.8 Å². The van der Waals surface area contributed by atoms with Crippen molar-refractivity contribution in [1.82, 2.24) is 4.72 Å². The molecule has 2 aromatic rings. The summed E-state index contributed by atoms with van der Waals surface area (Å²) in [6.07, 6.45) is -2.77. The molecule has 29 heavy (non-hydrogen) atoms. The van der Waals surface area contributed by atoms with Crippen molar-refractivity contribution in [1.29, 1.82) is 0 Å². The zero-order valence-corrected chi connectivity index (χ0v) is 16.0. The lowest BCUT2D eigenvalue weighted by molar-refractivity contribution is -0.176. The van der Waals surface area contributed by atoms with E-state index in [0.717, 1.165) is 12.8 Å². The summed E-state index contributed by atoms with van der Waals surface area (Å²) in [5, 5.41) is 2.61. The minimum atomic E-state index is -4.39. The van der Waals surface area contributed by atoms with Crippen LogP contribution >= 0.6 is 0 Å². The van der Waals surface area contributed by atoms with Crippen LogP contribution in [0.5, 0.6) is 0 Å². The molecule has 0 atom stereocenters. The number of alkyl halides is 3. The monoisotopic (exact) mass is 428 g/mol. The second kappa shape index (κ2) is 8.52. The average molecular weight is 428 g/mol. The first-order valence-corrected chi connectivity index (χ1v) is 10.3. The molecule has 1 aliphatic rings. The highest BCUT2D eigenvalue weighted by atomic mass is 32.2. The molecular weight excluding hydrogens is 409 g/mol. The van der Waals surface area contributed by atoms with E-state index in [2.05, 4.69) is 14.8 Å². The Morgan fingerprint density at radius 2 is 1.79 bits per heavy atom. The van der Waals surface area contributed by atoms with Crippen LogP contribution in [0.2, 0.25) is 0 Å². The SMILES string of the molecule is O=C(Nc1cccc(S(=O)(=O)NC2CC2)c1)c1ccc(COCC(F)(F)F)cc1. The largest absolute Gasteiger partial charge is 0.411 e. The van der Waals surface area contributed by atoms with E-state index >= 15 is 0 Å². The van der Waals surface area contributed by atoms with Crippen LogP contribution < -0.4 is 10.0 Å². The maximum absolute atomic E-state index is 12.4. The number of ether oxygens (including phenoxy) is 1. The summed E-state index contributed by atoms with van der Waals surface area (Å²) in [7, 11) is -3.64. The van der Waals surface area contributed by atoms with Crippen molar-refractivity contribution < 1.29 is 31.1 Å². The van der Waals surface area contributed by atoms with E-state index in [1.807, 2.05) is 0 Å². The Balaban J connectivity index is 1.60. The maximum Gasteiger partial charge on any atom is 0.411 e. The van der Waals surface area contributed by atoms with Gasteiger partial charge in [-0.1, -0.05) is 18.2 Å². The van der Waals surface area contributed by atoms with Crippen molar-refractivity contribution in [3.63, 3.8) is 0 Å². The molecule has 0 aliphatic heterocycles. The van der Waals surface area contributed by atoms with Gasteiger partial charge >= 0.3 is 6.18 Å². The lowest BCUT2D eigenvalue weighted by atomic mass is 10.1. The quantitative estimate of drug-likeness (QED) is 0.675. The average Bonchev–Trinajstić information content (AvgIpc) is 3.45. The van der Waals surface area contributed by atoms with Gasteiger partial charge in [-0.25, -0.2) is 13.1 Å². The van der Waals surface area contributed by atoms with Crippen molar-refractivity contribution in [2.24, 2.45) is 0 Å². The highest BCUT2D eigenvalue weighted by molar-refractivity contribution is 7.89. The van der Waals surface area contributed by atoms with Crippen LogP contribution in [0.3, 0.4) is 0 Å². The van der Waals surface area contributed by atoms with Gasteiger partial charge in [-0.15, -0.1) is 0 Å². The molecule has 0 spiro atoms. The van der Waals surface area contributed by atoms with Crippen LogP contribution in [0, 0.1) is 0 Å². The Bertz CT molecular complexity index is 972. The van der Waals surface area contributed by atoms with E-state index in [4.69, 9.17) is 0 Å². The molecule has 0 saturated heterocycles. The molecule has 1 amide bonds. The zero-order chi connectivity index (χ0) is 21.1. The summed E-state index contributed by atoms with van der Waals surface area (Å²) in [6.45, 7) is -1.57. The smallest absolute Gasteiger partial charge is 0.367 e. The Labute approximate surface area is 166 Å². The second-order valence-corrected chi connectivity index (χ2v) is 8.40. The molecule has 1 aliphatic carbocycles. The highest BCUT2D eigenvalue weighted by Crippen LogP contribution is 2.23. The van der Waals surface area contributed by atoms with Crippen LogP contribution in [-0.2, 0) is 21.4 Å². The van der Waals surface area contributed by atoms with E-state index < -0.39 is 28.7 Å². The van der Waals surface area contributed by atoms with Gasteiger partial charge in [-0.3, -0.25) is 4.79 Å². The molecule has 10 heteroatoms. The number of carbonyl (C=O) groups excluding carboxylic acids is 1. The normalized spacial score (nSPS) is 14.6. The second-order valence-electron chi connectivity index (χ2n) is 6.68. The van der Waals surface area contributed by atoms with Gasteiger partial charge in [0.15, 0.2) is 0 Å². The van der Waals surface area contributed by atoms with Crippen LogP contribution in [0.25, 0.3) is 0 Å². The maximum atomic E-state index is 12.4. The fourth-order valence-corrected chi connectivity index (χ4v) is 3.82. The molecule has 0 unspecified atom stereocenters. The molecule has 156 valence electrons. The topological polar surface area (TPSA) is 84.5 Å². The first kappa shape index (κ1) is 21.3.